The number of carbonyl (C=O) groups is 1. The van der Waals surface area contributed by atoms with Gasteiger partial charge < -0.3 is 9.64 Å². The predicted octanol–water partition coefficient (Wildman–Crippen LogP) is 2.02. The van der Waals surface area contributed by atoms with Crippen LogP contribution in [0.2, 0.25) is 0 Å². The van der Waals surface area contributed by atoms with Gasteiger partial charge in [-0.3, -0.25) is 14.9 Å². The Balaban J connectivity index is 2.29. The summed E-state index contributed by atoms with van der Waals surface area (Å²) in [5.41, 5.74) is 0.781. The number of nitro benzene ring substituents is 1. The molecule has 102 valence electrons. The Morgan fingerprint density at radius 3 is 3.00 bits per heavy atom. The van der Waals surface area contributed by atoms with Crippen molar-refractivity contribution in [2.24, 2.45) is 0 Å². The fourth-order valence-corrected chi connectivity index (χ4v) is 2.23. The molecule has 1 unspecified atom stereocenters. The lowest BCUT2D eigenvalue weighted by molar-refractivity contribution is -0.385. The fraction of sp³-hybridized carbons (Fsp3) is 0.462. The van der Waals surface area contributed by atoms with E-state index in [4.69, 9.17) is 4.74 Å². The molecule has 1 aromatic rings. The smallest absolute Gasteiger partial charge is 0.280 e. The second-order valence-electron chi connectivity index (χ2n) is 4.60. The summed E-state index contributed by atoms with van der Waals surface area (Å²) in [7, 11) is 0. The largest absolute Gasteiger partial charge is 0.377 e. The number of nitrogens with zero attached hydrogens (tertiary/aromatic N) is 2. The van der Waals surface area contributed by atoms with E-state index in [2.05, 4.69) is 4.90 Å². The molecule has 2 rings (SSSR count). The highest BCUT2D eigenvalue weighted by molar-refractivity contribution is 5.83. The lowest BCUT2D eigenvalue weighted by Gasteiger charge is -2.24. The van der Waals surface area contributed by atoms with E-state index in [0.717, 1.165) is 25.2 Å². The molecule has 0 aromatic heterocycles. The number of nitro groups is 1. The molecule has 1 heterocycles. The highest BCUT2D eigenvalue weighted by atomic mass is 16.6. The SMILES string of the molecule is CC1CN(c2ccc([N+](=O)[O-])c(C=O)c2)CCCO1. The number of anilines is 1. The minimum atomic E-state index is -0.540. The zero-order chi connectivity index (χ0) is 13.8. The van der Waals surface area contributed by atoms with Gasteiger partial charge in [-0.15, -0.1) is 0 Å². The van der Waals surface area contributed by atoms with Gasteiger partial charge in [-0.2, -0.15) is 0 Å². The molecule has 6 heteroatoms. The average Bonchev–Trinajstić information content (AvgIpc) is 2.62. The lowest BCUT2D eigenvalue weighted by Crippen LogP contribution is -2.30. The van der Waals surface area contributed by atoms with E-state index in [1.165, 1.54) is 6.07 Å². The van der Waals surface area contributed by atoms with Crippen LogP contribution in [0.25, 0.3) is 0 Å². The van der Waals surface area contributed by atoms with E-state index in [9.17, 15) is 14.9 Å². The van der Waals surface area contributed by atoms with Crippen molar-refractivity contribution in [1.82, 2.24) is 0 Å². The van der Waals surface area contributed by atoms with Crippen molar-refractivity contribution in [2.45, 2.75) is 19.4 Å². The van der Waals surface area contributed by atoms with Gasteiger partial charge in [-0.25, -0.2) is 0 Å². The third-order valence-corrected chi connectivity index (χ3v) is 3.15. The summed E-state index contributed by atoms with van der Waals surface area (Å²) in [6.07, 6.45) is 1.54. The Morgan fingerprint density at radius 1 is 1.53 bits per heavy atom. The second kappa shape index (κ2) is 5.79. The van der Waals surface area contributed by atoms with Crippen molar-refractivity contribution >= 4 is 17.7 Å². The van der Waals surface area contributed by atoms with Crippen LogP contribution in [0, 0.1) is 10.1 Å². The Hall–Kier alpha value is -1.95. The first kappa shape index (κ1) is 13.5. The molecule has 0 spiro atoms. The third-order valence-electron chi connectivity index (χ3n) is 3.15. The van der Waals surface area contributed by atoms with Crippen molar-refractivity contribution < 1.29 is 14.5 Å². The van der Waals surface area contributed by atoms with E-state index < -0.39 is 4.92 Å². The average molecular weight is 264 g/mol. The highest BCUT2D eigenvalue weighted by Crippen LogP contribution is 2.25. The van der Waals surface area contributed by atoms with Gasteiger partial charge in [0, 0.05) is 31.5 Å². The summed E-state index contributed by atoms with van der Waals surface area (Å²) in [5, 5.41) is 10.8. The molecular formula is C13H16N2O4. The molecule has 0 N–H and O–H groups in total. The molecule has 1 aliphatic rings. The van der Waals surface area contributed by atoms with Gasteiger partial charge in [-0.05, 0) is 25.5 Å². The maximum Gasteiger partial charge on any atom is 0.280 e. The molecule has 1 saturated heterocycles. The van der Waals surface area contributed by atoms with Crippen LogP contribution in [-0.2, 0) is 4.74 Å². The van der Waals surface area contributed by atoms with Crippen molar-refractivity contribution in [3.8, 4) is 0 Å². The molecule has 1 aliphatic heterocycles. The number of hydrogen-bond acceptors (Lipinski definition) is 5. The zero-order valence-electron chi connectivity index (χ0n) is 10.7. The van der Waals surface area contributed by atoms with Gasteiger partial charge in [0.05, 0.1) is 16.6 Å². The lowest BCUT2D eigenvalue weighted by atomic mass is 10.1. The quantitative estimate of drug-likeness (QED) is 0.474. The normalized spacial score (nSPS) is 19.8. The van der Waals surface area contributed by atoms with Crippen LogP contribution in [0.4, 0.5) is 11.4 Å². The van der Waals surface area contributed by atoms with Crippen LogP contribution < -0.4 is 4.90 Å². The molecule has 0 aliphatic carbocycles. The minimum absolute atomic E-state index is 0.109. The summed E-state index contributed by atoms with van der Waals surface area (Å²) in [6, 6.07) is 4.64. The molecular weight excluding hydrogens is 248 g/mol. The summed E-state index contributed by atoms with van der Waals surface area (Å²) in [6.45, 7) is 4.24. The van der Waals surface area contributed by atoms with Gasteiger partial charge in [-0.1, -0.05) is 0 Å². The summed E-state index contributed by atoms with van der Waals surface area (Å²) < 4.78 is 5.55. The van der Waals surface area contributed by atoms with Gasteiger partial charge in [0.25, 0.3) is 5.69 Å². The van der Waals surface area contributed by atoms with E-state index in [0.29, 0.717) is 12.9 Å². The maximum atomic E-state index is 11.0. The Labute approximate surface area is 111 Å². The molecule has 1 aromatic carbocycles. The number of carbonyl (C=O) groups excluding carboxylic acids is 1. The predicted molar refractivity (Wildman–Crippen MR) is 70.7 cm³/mol. The molecule has 0 radical (unpaired) electrons. The van der Waals surface area contributed by atoms with Crippen LogP contribution in [-0.4, -0.2) is 37.0 Å². The Morgan fingerprint density at radius 2 is 2.32 bits per heavy atom. The Bertz CT molecular complexity index is 490. The Kier molecular flexibility index (Phi) is 4.11. The summed E-state index contributed by atoms with van der Waals surface area (Å²) in [4.78, 5) is 23.3. The monoisotopic (exact) mass is 264 g/mol. The fourth-order valence-electron chi connectivity index (χ4n) is 2.23. The molecule has 1 fully saturated rings. The second-order valence-corrected chi connectivity index (χ2v) is 4.60. The molecule has 6 nitrogen and oxygen atoms in total. The third kappa shape index (κ3) is 3.08. The number of rotatable bonds is 3. The van der Waals surface area contributed by atoms with Gasteiger partial charge in [0.1, 0.15) is 0 Å². The summed E-state index contributed by atoms with van der Waals surface area (Å²) in [5.74, 6) is 0. The standard InChI is InChI=1S/C13H16N2O4/c1-10-8-14(5-2-6-19-10)12-3-4-13(15(17)18)11(7-12)9-16/h3-4,7,9-10H,2,5-6,8H2,1H3. The number of hydrogen-bond donors (Lipinski definition) is 0. The highest BCUT2D eigenvalue weighted by Gasteiger charge is 2.19. The van der Waals surface area contributed by atoms with Crippen molar-refractivity contribution in [3.63, 3.8) is 0 Å². The van der Waals surface area contributed by atoms with Crippen LogP contribution in [0.5, 0.6) is 0 Å². The van der Waals surface area contributed by atoms with Crippen LogP contribution in [0.3, 0.4) is 0 Å². The number of ether oxygens (including phenoxy) is 1. The van der Waals surface area contributed by atoms with Gasteiger partial charge in [0.15, 0.2) is 6.29 Å². The summed E-state index contributed by atoms with van der Waals surface area (Å²) >= 11 is 0. The van der Waals surface area contributed by atoms with E-state index in [-0.39, 0.29) is 17.4 Å². The van der Waals surface area contributed by atoms with Crippen LogP contribution in [0.15, 0.2) is 18.2 Å². The molecule has 0 bridgehead atoms. The first-order valence-corrected chi connectivity index (χ1v) is 6.22. The minimum Gasteiger partial charge on any atom is -0.377 e. The van der Waals surface area contributed by atoms with Crippen molar-refractivity contribution in [3.05, 3.63) is 33.9 Å². The molecule has 0 saturated carbocycles. The molecule has 19 heavy (non-hydrogen) atoms. The molecule has 1 atom stereocenters. The first-order chi connectivity index (χ1) is 9.11. The van der Waals surface area contributed by atoms with E-state index in [1.54, 1.807) is 12.1 Å². The maximum absolute atomic E-state index is 11.0. The molecule has 0 amide bonds. The van der Waals surface area contributed by atoms with Gasteiger partial charge >= 0.3 is 0 Å². The van der Waals surface area contributed by atoms with Crippen molar-refractivity contribution in [2.75, 3.05) is 24.6 Å². The topological polar surface area (TPSA) is 72.7 Å². The van der Waals surface area contributed by atoms with E-state index in [1.807, 2.05) is 6.92 Å². The zero-order valence-corrected chi connectivity index (χ0v) is 10.7. The van der Waals surface area contributed by atoms with E-state index >= 15 is 0 Å². The van der Waals surface area contributed by atoms with Crippen LogP contribution in [0.1, 0.15) is 23.7 Å². The first-order valence-electron chi connectivity index (χ1n) is 6.22. The van der Waals surface area contributed by atoms with Crippen molar-refractivity contribution in [1.29, 1.82) is 0 Å². The number of benzene rings is 1. The van der Waals surface area contributed by atoms with Crippen LogP contribution >= 0.6 is 0 Å². The van der Waals surface area contributed by atoms with Gasteiger partial charge in [0.2, 0.25) is 0 Å². The number of aldehydes is 1.